The van der Waals surface area contributed by atoms with Crippen LogP contribution >= 0.6 is 0 Å². The van der Waals surface area contributed by atoms with Gasteiger partial charge in [0.1, 0.15) is 17.5 Å². The third-order valence-electron chi connectivity index (χ3n) is 4.98. The fourth-order valence-electron chi connectivity index (χ4n) is 3.83. The van der Waals surface area contributed by atoms with E-state index in [1.54, 1.807) is 0 Å². The normalized spacial score (nSPS) is 18.5. The second kappa shape index (κ2) is 6.19. The molecule has 1 aromatic heterocycles. The molecule has 130 valence electrons. The number of carbonyl (C=O) groups excluding carboxylic acids is 1. The number of nitrogens with one attached hydrogen (secondary N) is 1. The van der Waals surface area contributed by atoms with E-state index in [9.17, 15) is 10.1 Å². The van der Waals surface area contributed by atoms with Gasteiger partial charge in [0.15, 0.2) is 5.78 Å². The average molecular weight is 346 g/mol. The lowest BCUT2D eigenvalue weighted by Gasteiger charge is -2.34. The van der Waals surface area contributed by atoms with Gasteiger partial charge in [0.2, 0.25) is 5.88 Å². The summed E-state index contributed by atoms with van der Waals surface area (Å²) in [5.74, 6) is 0.530. The molecule has 0 bridgehead atoms. The summed E-state index contributed by atoms with van der Waals surface area (Å²) in [5.41, 5.74) is 10.1. The van der Waals surface area contributed by atoms with Crippen LogP contribution in [0.4, 0.5) is 11.5 Å². The molecule has 2 aromatic rings. The van der Waals surface area contributed by atoms with Gasteiger partial charge >= 0.3 is 0 Å². The third-order valence-corrected chi connectivity index (χ3v) is 4.98. The Hall–Kier alpha value is -3.33. The second-order valence-electron chi connectivity index (χ2n) is 6.42. The van der Waals surface area contributed by atoms with Crippen molar-refractivity contribution in [3.8, 4) is 11.9 Å². The summed E-state index contributed by atoms with van der Waals surface area (Å²) in [7, 11) is 1.46. The van der Waals surface area contributed by atoms with E-state index in [4.69, 9.17) is 10.5 Å². The van der Waals surface area contributed by atoms with Gasteiger partial charge in [-0.3, -0.25) is 4.79 Å². The Morgan fingerprint density at radius 3 is 2.77 bits per heavy atom. The van der Waals surface area contributed by atoms with Crippen molar-refractivity contribution < 1.29 is 9.53 Å². The first kappa shape index (κ1) is 16.2. The zero-order valence-electron chi connectivity index (χ0n) is 14.4. The van der Waals surface area contributed by atoms with Crippen LogP contribution in [0.15, 0.2) is 41.6 Å². The number of aromatic nitrogens is 1. The zero-order valence-corrected chi connectivity index (χ0v) is 14.4. The molecule has 4 rings (SSSR count). The van der Waals surface area contributed by atoms with E-state index in [1.807, 2.05) is 30.3 Å². The Morgan fingerprint density at radius 1 is 1.31 bits per heavy atom. The molecule has 0 spiro atoms. The van der Waals surface area contributed by atoms with E-state index in [0.29, 0.717) is 23.5 Å². The number of nitrogens with two attached hydrogens (primary N) is 1. The van der Waals surface area contributed by atoms with Crippen molar-refractivity contribution in [2.75, 3.05) is 18.2 Å². The summed E-state index contributed by atoms with van der Waals surface area (Å²) in [4.78, 5) is 17.2. The highest BCUT2D eigenvalue weighted by Crippen LogP contribution is 2.48. The predicted octanol–water partition coefficient (Wildman–Crippen LogP) is 3.11. The zero-order chi connectivity index (χ0) is 18.3. The quantitative estimate of drug-likeness (QED) is 0.866. The molecule has 0 radical (unpaired) electrons. The average Bonchev–Trinajstić information content (AvgIpc) is 2.67. The fraction of sp³-hybridized carbons (Fsp3) is 0.250. The predicted molar refractivity (Wildman–Crippen MR) is 97.7 cm³/mol. The van der Waals surface area contributed by atoms with Crippen LogP contribution in [0, 0.1) is 11.3 Å². The first-order valence-corrected chi connectivity index (χ1v) is 8.51. The number of ketones is 1. The Bertz CT molecular complexity index is 974. The molecular weight excluding hydrogens is 328 g/mol. The molecule has 1 aliphatic carbocycles. The molecule has 0 saturated heterocycles. The summed E-state index contributed by atoms with van der Waals surface area (Å²) in [6, 6.07) is 11.8. The molecule has 1 unspecified atom stereocenters. The molecule has 6 nitrogen and oxygen atoms in total. The van der Waals surface area contributed by atoms with Gasteiger partial charge in [0.25, 0.3) is 0 Å². The van der Waals surface area contributed by atoms with Crippen LogP contribution in [0.25, 0.3) is 0 Å². The number of nitrogen functional groups attached to an aromatic ring is 1. The number of Topliss-reactive ketones (excluding diaryl/α,β-unsaturated/α-hetero) is 1. The number of allylic oxidation sites excluding steroid dienone is 2. The lowest BCUT2D eigenvalue weighted by molar-refractivity contribution is -0.116. The minimum Gasteiger partial charge on any atom is -0.480 e. The second-order valence-corrected chi connectivity index (χ2v) is 6.42. The van der Waals surface area contributed by atoms with Crippen molar-refractivity contribution in [1.29, 1.82) is 5.26 Å². The highest BCUT2D eigenvalue weighted by Gasteiger charge is 2.38. The maximum Gasteiger partial charge on any atom is 0.235 e. The van der Waals surface area contributed by atoms with E-state index >= 15 is 0 Å². The molecule has 0 fully saturated rings. The van der Waals surface area contributed by atoms with Crippen LogP contribution in [-0.4, -0.2) is 17.9 Å². The summed E-state index contributed by atoms with van der Waals surface area (Å²) in [5, 5.41) is 12.8. The standard InChI is InChI=1S/C20H18N4O2/c1-26-20-12(10-21)18(22)17-15(11-6-3-2-4-7-11)16-13(23-19(17)24-20)8-5-9-14(16)25/h2-4,6-7,15H,5,8-9H2,1H3,(H3,22,23,24). The summed E-state index contributed by atoms with van der Waals surface area (Å²) < 4.78 is 5.24. The van der Waals surface area contributed by atoms with Gasteiger partial charge in [-0.25, -0.2) is 0 Å². The molecule has 1 aliphatic heterocycles. The topological polar surface area (TPSA) is 101 Å². The molecule has 2 aliphatic rings. The molecule has 3 N–H and O–H groups in total. The number of hydrogen-bond acceptors (Lipinski definition) is 6. The smallest absolute Gasteiger partial charge is 0.235 e. The summed E-state index contributed by atoms with van der Waals surface area (Å²) in [6.45, 7) is 0. The minimum atomic E-state index is -0.333. The lowest BCUT2D eigenvalue weighted by atomic mass is 9.75. The number of rotatable bonds is 2. The molecule has 1 atom stereocenters. The van der Waals surface area contributed by atoms with Crippen molar-refractivity contribution >= 4 is 17.3 Å². The number of fused-ring (bicyclic) bond motifs is 1. The number of ether oxygens (including phenoxy) is 1. The van der Waals surface area contributed by atoms with E-state index in [-0.39, 0.29) is 23.1 Å². The van der Waals surface area contributed by atoms with Gasteiger partial charge in [-0.2, -0.15) is 10.2 Å². The minimum absolute atomic E-state index is 0.118. The highest BCUT2D eigenvalue weighted by molar-refractivity contribution is 6.01. The van der Waals surface area contributed by atoms with Crippen molar-refractivity contribution in [2.45, 2.75) is 25.2 Å². The fourth-order valence-corrected chi connectivity index (χ4v) is 3.83. The van der Waals surface area contributed by atoms with Crippen LogP contribution in [0.2, 0.25) is 0 Å². The summed E-state index contributed by atoms with van der Waals surface area (Å²) >= 11 is 0. The molecule has 26 heavy (non-hydrogen) atoms. The highest BCUT2D eigenvalue weighted by atomic mass is 16.5. The van der Waals surface area contributed by atoms with Crippen LogP contribution in [0.3, 0.4) is 0 Å². The maximum atomic E-state index is 12.8. The first-order chi connectivity index (χ1) is 12.7. The first-order valence-electron chi connectivity index (χ1n) is 8.51. The Morgan fingerprint density at radius 2 is 2.08 bits per heavy atom. The van der Waals surface area contributed by atoms with Crippen molar-refractivity contribution in [3.63, 3.8) is 0 Å². The Balaban J connectivity index is 2.03. The third kappa shape index (κ3) is 2.32. The van der Waals surface area contributed by atoms with E-state index in [1.165, 1.54) is 7.11 Å². The van der Waals surface area contributed by atoms with Crippen LogP contribution in [0.1, 0.15) is 41.9 Å². The van der Waals surface area contributed by atoms with Gasteiger partial charge in [0.05, 0.1) is 12.8 Å². The molecule has 2 heterocycles. The van der Waals surface area contributed by atoms with Gasteiger partial charge in [-0.05, 0) is 18.4 Å². The molecule has 0 saturated carbocycles. The van der Waals surface area contributed by atoms with Crippen LogP contribution < -0.4 is 15.8 Å². The van der Waals surface area contributed by atoms with Crippen molar-refractivity contribution in [1.82, 2.24) is 4.98 Å². The number of methoxy groups -OCH3 is 1. The number of hydrogen-bond donors (Lipinski definition) is 2. The van der Waals surface area contributed by atoms with E-state index < -0.39 is 0 Å². The monoisotopic (exact) mass is 346 g/mol. The molecule has 0 amide bonds. The number of pyridine rings is 1. The van der Waals surface area contributed by atoms with E-state index in [2.05, 4.69) is 16.4 Å². The number of anilines is 2. The Kier molecular flexibility index (Phi) is 3.85. The van der Waals surface area contributed by atoms with Gasteiger partial charge < -0.3 is 15.8 Å². The van der Waals surface area contributed by atoms with E-state index in [0.717, 1.165) is 29.7 Å². The molecule has 6 heteroatoms. The van der Waals surface area contributed by atoms with Gasteiger partial charge in [0, 0.05) is 29.2 Å². The lowest BCUT2D eigenvalue weighted by Crippen LogP contribution is -2.28. The maximum absolute atomic E-state index is 12.8. The van der Waals surface area contributed by atoms with Gasteiger partial charge in [-0.1, -0.05) is 30.3 Å². The number of nitrogens with zero attached hydrogens (tertiary/aromatic N) is 2. The van der Waals surface area contributed by atoms with Crippen LogP contribution in [-0.2, 0) is 4.79 Å². The van der Waals surface area contributed by atoms with Crippen molar-refractivity contribution in [2.24, 2.45) is 0 Å². The Labute approximate surface area is 151 Å². The largest absolute Gasteiger partial charge is 0.480 e. The van der Waals surface area contributed by atoms with Crippen LogP contribution in [0.5, 0.6) is 5.88 Å². The summed E-state index contributed by atoms with van der Waals surface area (Å²) in [6.07, 6.45) is 2.12. The SMILES string of the molecule is COc1nc2c(c(N)c1C#N)C(c1ccccc1)C1=C(CCCC1=O)N2. The molecule has 1 aromatic carbocycles. The van der Waals surface area contributed by atoms with Gasteiger partial charge in [-0.15, -0.1) is 0 Å². The number of carbonyl (C=O) groups is 1. The molecular formula is C20H18N4O2. The van der Waals surface area contributed by atoms with Crippen molar-refractivity contribution in [3.05, 3.63) is 58.3 Å². The number of nitriles is 1. The number of benzene rings is 1.